The van der Waals surface area contributed by atoms with Gasteiger partial charge in [0.25, 0.3) is 0 Å². The van der Waals surface area contributed by atoms with Crippen LogP contribution in [0.2, 0.25) is 0 Å². The van der Waals surface area contributed by atoms with Crippen molar-refractivity contribution in [1.29, 1.82) is 0 Å². The molecule has 8 heteroatoms. The average molecular weight is 422 g/mol. The summed E-state index contributed by atoms with van der Waals surface area (Å²) in [6.07, 6.45) is 0. The molecule has 0 saturated heterocycles. The molecular formula is C22H28F2N2O4. The Balaban J connectivity index is 2.20. The molecule has 0 radical (unpaired) electrons. The number of benzene rings is 1. The molecule has 0 fully saturated rings. The van der Waals surface area contributed by atoms with Crippen molar-refractivity contribution in [2.24, 2.45) is 0 Å². The summed E-state index contributed by atoms with van der Waals surface area (Å²) >= 11 is 0. The lowest BCUT2D eigenvalue weighted by Gasteiger charge is -2.24. The number of nitrogens with one attached hydrogen (secondary N) is 1. The smallest absolute Gasteiger partial charge is 0.387 e. The molecule has 2 aromatic rings. The predicted octanol–water partition coefficient (Wildman–Crippen LogP) is 4.54. The Morgan fingerprint density at radius 3 is 2.40 bits per heavy atom. The molecule has 6 nitrogen and oxygen atoms in total. The molecule has 1 atom stereocenters. The van der Waals surface area contributed by atoms with Crippen LogP contribution >= 0.6 is 0 Å². The average Bonchev–Trinajstić information content (AvgIpc) is 2.96. The van der Waals surface area contributed by atoms with Gasteiger partial charge < -0.3 is 14.5 Å². The third-order valence-electron chi connectivity index (χ3n) is 5.03. The van der Waals surface area contributed by atoms with Crippen LogP contribution in [-0.2, 0) is 6.54 Å². The fourth-order valence-corrected chi connectivity index (χ4v) is 3.47. The van der Waals surface area contributed by atoms with E-state index in [-0.39, 0.29) is 23.1 Å². The maximum absolute atomic E-state index is 13.0. The highest BCUT2D eigenvalue weighted by molar-refractivity contribution is 6.05. The number of hydrogen-bond acceptors (Lipinski definition) is 5. The molecule has 0 saturated carbocycles. The molecule has 0 amide bonds. The van der Waals surface area contributed by atoms with Gasteiger partial charge in [-0.05, 0) is 64.9 Å². The van der Waals surface area contributed by atoms with Crippen molar-refractivity contribution < 1.29 is 27.8 Å². The number of ether oxygens (including phenoxy) is 2. The lowest BCUT2D eigenvalue weighted by atomic mass is 10.0. The van der Waals surface area contributed by atoms with Gasteiger partial charge in [0.1, 0.15) is 0 Å². The molecule has 1 heterocycles. The molecule has 1 unspecified atom stereocenters. The van der Waals surface area contributed by atoms with E-state index in [1.54, 1.807) is 46.9 Å². The zero-order valence-electron chi connectivity index (χ0n) is 18.1. The number of nitrogens with zero attached hydrogens (tertiary/aromatic N) is 1. The highest BCUT2D eigenvalue weighted by atomic mass is 19.3. The summed E-state index contributed by atoms with van der Waals surface area (Å²) in [5.41, 5.74) is 3.08. The summed E-state index contributed by atoms with van der Waals surface area (Å²) in [6.45, 7) is 6.29. The highest BCUT2D eigenvalue weighted by Crippen LogP contribution is 2.30. The standard InChI is InChI=1S/C22H28F2N2O4/c1-7-29-18-10-16(8-9-17(18)30-22(23)24)11-26(6)14(4)21(28)20-12(2)19(15(5)27)13(3)25-20/h8-10,14,22,25H,7,11H2,1-6H3. The summed E-state index contributed by atoms with van der Waals surface area (Å²) in [6, 6.07) is 4.25. The van der Waals surface area contributed by atoms with E-state index in [4.69, 9.17) is 4.74 Å². The Labute approximate surface area is 175 Å². The Morgan fingerprint density at radius 2 is 1.87 bits per heavy atom. The topological polar surface area (TPSA) is 71.6 Å². The summed E-state index contributed by atoms with van der Waals surface area (Å²) in [5.74, 6) is -0.0228. The lowest BCUT2D eigenvalue weighted by Crippen LogP contribution is -2.36. The van der Waals surface area contributed by atoms with Crippen LogP contribution in [0.5, 0.6) is 11.5 Å². The molecular weight excluding hydrogens is 394 g/mol. The van der Waals surface area contributed by atoms with E-state index in [0.29, 0.717) is 35.7 Å². The third kappa shape index (κ3) is 5.24. The molecule has 0 aliphatic rings. The molecule has 0 aliphatic heterocycles. The normalized spacial score (nSPS) is 12.3. The van der Waals surface area contributed by atoms with Crippen molar-refractivity contribution >= 4 is 11.6 Å². The second kappa shape index (κ2) is 9.84. The zero-order valence-corrected chi connectivity index (χ0v) is 18.1. The second-order valence-corrected chi connectivity index (χ2v) is 7.23. The largest absolute Gasteiger partial charge is 0.490 e. The zero-order chi connectivity index (χ0) is 22.6. The first-order chi connectivity index (χ1) is 14.1. The molecule has 1 N–H and O–H groups in total. The number of aromatic amines is 1. The second-order valence-electron chi connectivity index (χ2n) is 7.23. The monoisotopic (exact) mass is 422 g/mol. The SMILES string of the molecule is CCOc1cc(CN(C)C(C)C(=O)c2[nH]c(C)c(C(C)=O)c2C)ccc1OC(F)F. The molecule has 30 heavy (non-hydrogen) atoms. The van der Waals surface area contributed by atoms with Crippen molar-refractivity contribution in [3.05, 3.63) is 46.3 Å². The minimum absolute atomic E-state index is 0.0309. The Bertz CT molecular complexity index is 924. The molecule has 0 aliphatic carbocycles. The fourth-order valence-electron chi connectivity index (χ4n) is 3.47. The number of carbonyl (C=O) groups is 2. The van der Waals surface area contributed by atoms with Crippen molar-refractivity contribution in [2.75, 3.05) is 13.7 Å². The number of ketones is 2. The van der Waals surface area contributed by atoms with Gasteiger partial charge in [0, 0.05) is 17.8 Å². The van der Waals surface area contributed by atoms with Gasteiger partial charge in [0.05, 0.1) is 18.3 Å². The minimum atomic E-state index is -2.94. The maximum Gasteiger partial charge on any atom is 0.387 e. The van der Waals surface area contributed by atoms with Crippen molar-refractivity contribution in [1.82, 2.24) is 9.88 Å². The van der Waals surface area contributed by atoms with E-state index >= 15 is 0 Å². The summed E-state index contributed by atoms with van der Waals surface area (Å²) in [5, 5.41) is 0. The number of carbonyl (C=O) groups excluding carboxylic acids is 2. The first-order valence-corrected chi connectivity index (χ1v) is 9.71. The molecule has 2 rings (SSSR count). The van der Waals surface area contributed by atoms with E-state index in [1.807, 2.05) is 4.90 Å². The predicted molar refractivity (Wildman–Crippen MR) is 110 cm³/mol. The Hall–Kier alpha value is -2.74. The first kappa shape index (κ1) is 23.5. The Morgan fingerprint density at radius 1 is 1.20 bits per heavy atom. The molecule has 164 valence electrons. The Kier molecular flexibility index (Phi) is 7.72. The number of alkyl halides is 2. The van der Waals surface area contributed by atoms with E-state index in [1.165, 1.54) is 13.0 Å². The number of aryl methyl sites for hydroxylation is 1. The van der Waals surface area contributed by atoms with Crippen LogP contribution in [0.4, 0.5) is 8.78 Å². The number of H-pyrrole nitrogens is 1. The molecule has 1 aromatic heterocycles. The van der Waals surface area contributed by atoms with Gasteiger partial charge in [-0.2, -0.15) is 8.78 Å². The number of likely N-dealkylation sites (N-methyl/N-ethyl adjacent to an activating group) is 1. The van der Waals surface area contributed by atoms with Crippen molar-refractivity contribution in [3.8, 4) is 11.5 Å². The van der Waals surface area contributed by atoms with Crippen LogP contribution in [0, 0.1) is 13.8 Å². The van der Waals surface area contributed by atoms with Crippen LogP contribution in [0.15, 0.2) is 18.2 Å². The first-order valence-electron chi connectivity index (χ1n) is 9.71. The highest BCUT2D eigenvalue weighted by Gasteiger charge is 2.26. The minimum Gasteiger partial charge on any atom is -0.490 e. The van der Waals surface area contributed by atoms with Crippen LogP contribution < -0.4 is 9.47 Å². The number of rotatable bonds is 10. The van der Waals surface area contributed by atoms with Crippen LogP contribution in [-0.4, -0.2) is 47.8 Å². The summed E-state index contributed by atoms with van der Waals surface area (Å²) < 4.78 is 35.0. The maximum atomic E-state index is 13.0. The van der Waals surface area contributed by atoms with Gasteiger partial charge in [-0.3, -0.25) is 14.5 Å². The van der Waals surface area contributed by atoms with Gasteiger partial charge in [0.2, 0.25) is 0 Å². The van der Waals surface area contributed by atoms with Gasteiger partial charge in [-0.25, -0.2) is 0 Å². The van der Waals surface area contributed by atoms with Crippen LogP contribution in [0.3, 0.4) is 0 Å². The summed E-state index contributed by atoms with van der Waals surface area (Å²) in [7, 11) is 1.80. The van der Waals surface area contributed by atoms with Gasteiger partial charge in [-0.1, -0.05) is 6.07 Å². The molecule has 0 bridgehead atoms. The van der Waals surface area contributed by atoms with Gasteiger partial charge in [-0.15, -0.1) is 0 Å². The van der Waals surface area contributed by atoms with E-state index in [9.17, 15) is 18.4 Å². The van der Waals surface area contributed by atoms with Crippen LogP contribution in [0.1, 0.15) is 58.4 Å². The van der Waals surface area contributed by atoms with Gasteiger partial charge >= 0.3 is 6.61 Å². The van der Waals surface area contributed by atoms with E-state index in [0.717, 1.165) is 5.56 Å². The lowest BCUT2D eigenvalue weighted by molar-refractivity contribution is -0.0514. The number of Topliss-reactive ketones (excluding diaryl/α,β-unsaturated/α-hetero) is 2. The summed E-state index contributed by atoms with van der Waals surface area (Å²) in [4.78, 5) is 29.7. The van der Waals surface area contributed by atoms with E-state index in [2.05, 4.69) is 9.72 Å². The number of halogens is 2. The van der Waals surface area contributed by atoms with E-state index < -0.39 is 12.7 Å². The fraction of sp³-hybridized carbons (Fsp3) is 0.455. The van der Waals surface area contributed by atoms with Crippen LogP contribution in [0.25, 0.3) is 0 Å². The van der Waals surface area contributed by atoms with Crippen molar-refractivity contribution in [3.63, 3.8) is 0 Å². The van der Waals surface area contributed by atoms with Crippen molar-refractivity contribution in [2.45, 2.75) is 53.8 Å². The molecule has 0 spiro atoms. The third-order valence-corrected chi connectivity index (χ3v) is 5.03. The number of aromatic nitrogens is 1. The number of hydrogen-bond donors (Lipinski definition) is 1. The van der Waals surface area contributed by atoms with Gasteiger partial charge in [0.15, 0.2) is 23.1 Å². The molecule has 1 aromatic carbocycles. The quantitative estimate of drug-likeness (QED) is 0.570.